The van der Waals surface area contributed by atoms with E-state index >= 15 is 0 Å². The maximum absolute atomic E-state index is 10.9. The van der Waals surface area contributed by atoms with Crippen molar-refractivity contribution in [1.82, 2.24) is 0 Å². The second kappa shape index (κ2) is 13.6. The summed E-state index contributed by atoms with van der Waals surface area (Å²) in [4.78, 5) is 30.2. The third kappa shape index (κ3) is 13.5. The summed E-state index contributed by atoms with van der Waals surface area (Å²) in [6, 6.07) is 0. The predicted octanol–water partition coefficient (Wildman–Crippen LogP) is -0.631. The van der Waals surface area contributed by atoms with Gasteiger partial charge in [0, 0.05) is 12.2 Å². The molecule has 0 aromatic heterocycles. The SMILES string of the molecule is C/C=C/C=C/C(=O)OOC(=O)/C=C/C=C/C.[H-].[K+]. The maximum Gasteiger partial charge on any atom is 1.00 e. The third-order valence-corrected chi connectivity index (χ3v) is 1.28. The summed E-state index contributed by atoms with van der Waals surface area (Å²) in [7, 11) is 0. The van der Waals surface area contributed by atoms with Crippen LogP contribution in [0.3, 0.4) is 0 Å². The van der Waals surface area contributed by atoms with Gasteiger partial charge >= 0.3 is 63.3 Å². The second-order valence-electron chi connectivity index (χ2n) is 2.57. The van der Waals surface area contributed by atoms with E-state index in [4.69, 9.17) is 0 Å². The second-order valence-corrected chi connectivity index (χ2v) is 2.57. The van der Waals surface area contributed by atoms with Gasteiger partial charge in [-0.1, -0.05) is 36.5 Å². The van der Waals surface area contributed by atoms with Gasteiger partial charge in [-0.05, 0) is 13.8 Å². The number of allylic oxidation sites excluding steroid dienone is 6. The van der Waals surface area contributed by atoms with E-state index in [0.29, 0.717) is 0 Å². The monoisotopic (exact) mass is 262 g/mol. The van der Waals surface area contributed by atoms with Crippen molar-refractivity contribution in [2.24, 2.45) is 0 Å². The van der Waals surface area contributed by atoms with Crippen LogP contribution in [-0.4, -0.2) is 11.9 Å². The molecule has 0 rings (SSSR count). The fourth-order valence-corrected chi connectivity index (χ4v) is 0.628. The first-order chi connectivity index (χ1) is 7.70. The van der Waals surface area contributed by atoms with E-state index in [1.807, 2.05) is 13.8 Å². The van der Waals surface area contributed by atoms with Crippen molar-refractivity contribution in [2.75, 3.05) is 0 Å². The van der Waals surface area contributed by atoms with Gasteiger partial charge in [0.2, 0.25) is 0 Å². The molecule has 0 unspecified atom stereocenters. The van der Waals surface area contributed by atoms with Crippen molar-refractivity contribution in [3.63, 3.8) is 0 Å². The summed E-state index contributed by atoms with van der Waals surface area (Å²) in [6.45, 7) is 3.61. The summed E-state index contributed by atoms with van der Waals surface area (Å²) in [5, 5.41) is 0. The molecule has 0 aromatic rings. The van der Waals surface area contributed by atoms with Gasteiger partial charge in [-0.3, -0.25) is 0 Å². The van der Waals surface area contributed by atoms with Crippen LogP contribution in [0.15, 0.2) is 48.6 Å². The maximum atomic E-state index is 10.9. The van der Waals surface area contributed by atoms with Crippen molar-refractivity contribution in [1.29, 1.82) is 0 Å². The molecule has 0 N–H and O–H groups in total. The third-order valence-electron chi connectivity index (χ3n) is 1.28. The Hall–Kier alpha value is -0.464. The Morgan fingerprint density at radius 3 is 1.47 bits per heavy atom. The Bertz CT molecular complexity index is 312. The Balaban J connectivity index is -0.00000112. The number of carbonyl (C=O) groups is 2. The summed E-state index contributed by atoms with van der Waals surface area (Å²) < 4.78 is 0. The van der Waals surface area contributed by atoms with Gasteiger partial charge in [0.1, 0.15) is 0 Å². The van der Waals surface area contributed by atoms with Crippen molar-refractivity contribution in [3.8, 4) is 0 Å². The largest absolute Gasteiger partial charge is 1.00 e. The standard InChI is InChI=1S/C12H14O4.K.H/c1-3-5-7-9-11(13)15-16-12(14)10-8-6-4-2;;/h3-10H,1-2H3;;/q;+1;-1/b5-3+,6-4+,9-7+,10-8+;;. The molecule has 0 aliphatic rings. The van der Waals surface area contributed by atoms with Crippen molar-refractivity contribution >= 4 is 11.9 Å². The number of hydrogen-bond donors (Lipinski definition) is 0. The van der Waals surface area contributed by atoms with Crippen LogP contribution in [0.5, 0.6) is 0 Å². The van der Waals surface area contributed by atoms with Gasteiger partial charge in [0.25, 0.3) is 0 Å². The first kappa shape index (κ1) is 18.9. The van der Waals surface area contributed by atoms with Crippen LogP contribution < -0.4 is 51.4 Å². The summed E-state index contributed by atoms with van der Waals surface area (Å²) >= 11 is 0. The van der Waals surface area contributed by atoms with E-state index in [9.17, 15) is 9.59 Å². The van der Waals surface area contributed by atoms with Crippen LogP contribution >= 0.6 is 0 Å². The molecule has 0 saturated heterocycles. The zero-order chi connectivity index (χ0) is 12.2. The molecule has 0 heterocycles. The number of hydrogen-bond acceptors (Lipinski definition) is 4. The number of carbonyl (C=O) groups excluding carboxylic acids is 2. The van der Waals surface area contributed by atoms with Crippen LogP contribution in [0.2, 0.25) is 0 Å². The van der Waals surface area contributed by atoms with Crippen molar-refractivity contribution in [2.45, 2.75) is 13.8 Å². The molecule has 0 aromatic carbocycles. The van der Waals surface area contributed by atoms with Crippen LogP contribution in [0.4, 0.5) is 0 Å². The molecule has 0 aliphatic heterocycles. The summed E-state index contributed by atoms with van der Waals surface area (Å²) in [5.74, 6) is -1.49. The summed E-state index contributed by atoms with van der Waals surface area (Å²) in [6.07, 6.45) is 12.0. The van der Waals surface area contributed by atoms with Gasteiger partial charge in [-0.15, -0.1) is 0 Å². The molecule has 0 bridgehead atoms. The Labute approximate surface area is 145 Å². The van der Waals surface area contributed by atoms with Gasteiger partial charge in [-0.2, -0.15) is 0 Å². The van der Waals surface area contributed by atoms with Crippen molar-refractivity contribution in [3.05, 3.63) is 48.6 Å². The molecule has 0 radical (unpaired) electrons. The molecule has 17 heavy (non-hydrogen) atoms. The van der Waals surface area contributed by atoms with Crippen LogP contribution in [0.1, 0.15) is 15.3 Å². The van der Waals surface area contributed by atoms with Gasteiger partial charge in [0.15, 0.2) is 0 Å². The molecule has 4 nitrogen and oxygen atoms in total. The van der Waals surface area contributed by atoms with E-state index in [2.05, 4.69) is 9.78 Å². The minimum absolute atomic E-state index is 0. The molecule has 0 aliphatic carbocycles. The first-order valence-electron chi connectivity index (χ1n) is 4.72. The molecule has 0 fully saturated rings. The topological polar surface area (TPSA) is 52.6 Å². The molecule has 0 atom stereocenters. The Morgan fingerprint density at radius 1 is 0.824 bits per heavy atom. The van der Waals surface area contributed by atoms with Gasteiger partial charge < -0.3 is 1.43 Å². The van der Waals surface area contributed by atoms with Crippen molar-refractivity contribution < 1.29 is 72.2 Å². The fourth-order valence-electron chi connectivity index (χ4n) is 0.628. The zero-order valence-corrected chi connectivity index (χ0v) is 13.4. The Morgan fingerprint density at radius 2 is 1.18 bits per heavy atom. The average Bonchev–Trinajstić information content (AvgIpc) is 2.27. The molecular formula is C12H15KO4. The normalized spacial score (nSPS) is 11.2. The van der Waals surface area contributed by atoms with Gasteiger partial charge in [-0.25, -0.2) is 19.4 Å². The molecular weight excluding hydrogens is 247 g/mol. The van der Waals surface area contributed by atoms with E-state index in [1.165, 1.54) is 12.2 Å². The Kier molecular flexibility index (Phi) is 15.1. The molecule has 88 valence electrons. The molecule has 5 heteroatoms. The number of rotatable bonds is 4. The first-order valence-corrected chi connectivity index (χ1v) is 4.72. The minimum Gasteiger partial charge on any atom is -1.00 e. The van der Waals surface area contributed by atoms with E-state index in [-0.39, 0.29) is 52.8 Å². The summed E-state index contributed by atoms with van der Waals surface area (Å²) in [5.41, 5.74) is 0. The van der Waals surface area contributed by atoms with E-state index in [1.54, 1.807) is 24.3 Å². The molecule has 0 saturated carbocycles. The zero-order valence-electron chi connectivity index (χ0n) is 11.3. The van der Waals surface area contributed by atoms with Crippen LogP contribution in [-0.2, 0) is 19.4 Å². The van der Waals surface area contributed by atoms with Crippen LogP contribution in [0, 0.1) is 0 Å². The average molecular weight is 262 g/mol. The molecule has 0 spiro atoms. The van der Waals surface area contributed by atoms with E-state index < -0.39 is 11.9 Å². The molecule has 0 amide bonds. The van der Waals surface area contributed by atoms with E-state index in [0.717, 1.165) is 12.2 Å². The predicted molar refractivity (Wildman–Crippen MR) is 61.2 cm³/mol. The minimum atomic E-state index is -0.745. The van der Waals surface area contributed by atoms with Gasteiger partial charge in [0.05, 0.1) is 0 Å². The van der Waals surface area contributed by atoms with Crippen LogP contribution in [0.25, 0.3) is 0 Å². The quantitative estimate of drug-likeness (QED) is 0.222. The fraction of sp³-hybridized carbons (Fsp3) is 0.167. The smallest absolute Gasteiger partial charge is 1.00 e.